The number of furan rings is 1. The number of nitrogens with zero attached hydrogens (tertiary/aromatic N) is 1. The van der Waals surface area contributed by atoms with Crippen LogP contribution < -0.4 is 14.9 Å². The molecule has 3 aromatic rings. The predicted octanol–water partition coefficient (Wildman–Crippen LogP) is 5.49. The van der Waals surface area contributed by atoms with Gasteiger partial charge in [0.1, 0.15) is 5.58 Å². The molecule has 0 aliphatic carbocycles. The van der Waals surface area contributed by atoms with Gasteiger partial charge in [0.05, 0.1) is 19.4 Å². The summed E-state index contributed by atoms with van der Waals surface area (Å²) in [5, 5.41) is 4.90. The van der Waals surface area contributed by atoms with Crippen molar-refractivity contribution in [1.29, 1.82) is 0 Å². The Hall–Kier alpha value is -3.06. The monoisotopic (exact) mass is 470 g/mol. The zero-order chi connectivity index (χ0) is 21.5. The highest BCUT2D eigenvalue weighted by Crippen LogP contribution is 2.33. The van der Waals surface area contributed by atoms with Crippen LogP contribution in [0.5, 0.6) is 11.5 Å². The Morgan fingerprint density at radius 1 is 1.20 bits per heavy atom. The molecule has 0 unspecified atom stereocenters. The maximum atomic E-state index is 12.4. The highest BCUT2D eigenvalue weighted by molar-refractivity contribution is 9.10. The van der Waals surface area contributed by atoms with Crippen molar-refractivity contribution in [2.24, 2.45) is 5.10 Å². The molecule has 0 fully saturated rings. The summed E-state index contributed by atoms with van der Waals surface area (Å²) in [7, 11) is 0. The summed E-state index contributed by atoms with van der Waals surface area (Å²) in [6, 6.07) is 11.0. The van der Waals surface area contributed by atoms with E-state index in [2.05, 4.69) is 33.0 Å². The van der Waals surface area contributed by atoms with Crippen molar-refractivity contribution in [2.75, 3.05) is 13.2 Å². The summed E-state index contributed by atoms with van der Waals surface area (Å²) >= 11 is 3.40. The number of amides is 1. The van der Waals surface area contributed by atoms with Gasteiger partial charge in [-0.3, -0.25) is 4.79 Å². The topological polar surface area (TPSA) is 73.1 Å². The number of hydrazone groups is 1. The molecule has 0 saturated carbocycles. The molecule has 6 nitrogen and oxygen atoms in total. The molecular formula is C23H23BrN2O4. The fourth-order valence-corrected chi connectivity index (χ4v) is 3.36. The zero-order valence-electron chi connectivity index (χ0n) is 16.9. The van der Waals surface area contributed by atoms with Gasteiger partial charge in [-0.1, -0.05) is 22.0 Å². The molecular weight excluding hydrogens is 448 g/mol. The molecule has 2 aromatic carbocycles. The average Bonchev–Trinajstić information content (AvgIpc) is 3.14. The molecule has 0 aliphatic heterocycles. The van der Waals surface area contributed by atoms with E-state index in [0.717, 1.165) is 21.0 Å². The van der Waals surface area contributed by atoms with E-state index in [4.69, 9.17) is 13.9 Å². The molecule has 0 aliphatic rings. The molecule has 1 heterocycles. The lowest BCUT2D eigenvalue weighted by Gasteiger charge is -2.15. The van der Waals surface area contributed by atoms with E-state index >= 15 is 0 Å². The molecule has 0 bridgehead atoms. The van der Waals surface area contributed by atoms with E-state index < -0.39 is 5.91 Å². The molecule has 1 aromatic heterocycles. The Morgan fingerprint density at radius 2 is 2.00 bits per heavy atom. The maximum absolute atomic E-state index is 12.4. The fourth-order valence-electron chi connectivity index (χ4n) is 2.98. The van der Waals surface area contributed by atoms with Gasteiger partial charge in [0, 0.05) is 15.4 Å². The number of allylic oxidation sites excluding steroid dienone is 1. The first-order valence-corrected chi connectivity index (χ1v) is 10.4. The molecule has 30 heavy (non-hydrogen) atoms. The van der Waals surface area contributed by atoms with Crippen molar-refractivity contribution in [3.63, 3.8) is 0 Å². The lowest BCUT2D eigenvalue weighted by molar-refractivity contribution is 0.0929. The first kappa shape index (κ1) is 21.6. The van der Waals surface area contributed by atoms with Gasteiger partial charge in [0.25, 0.3) is 0 Å². The van der Waals surface area contributed by atoms with Gasteiger partial charge < -0.3 is 13.9 Å². The third kappa shape index (κ3) is 5.10. The number of halogens is 1. The number of ether oxygens (including phenoxy) is 2. The highest BCUT2D eigenvalue weighted by atomic mass is 79.9. The molecule has 7 heteroatoms. The summed E-state index contributed by atoms with van der Waals surface area (Å²) < 4.78 is 18.0. The largest absolute Gasteiger partial charge is 0.490 e. The van der Waals surface area contributed by atoms with Gasteiger partial charge in [0.2, 0.25) is 0 Å². The van der Waals surface area contributed by atoms with Crippen molar-refractivity contribution in [3.05, 3.63) is 70.4 Å². The van der Waals surface area contributed by atoms with Crippen LogP contribution in [-0.2, 0) is 6.42 Å². The minimum atomic E-state index is -0.430. The molecule has 0 saturated heterocycles. The molecule has 156 valence electrons. The Bertz CT molecular complexity index is 1090. The van der Waals surface area contributed by atoms with E-state index in [9.17, 15) is 4.79 Å². The van der Waals surface area contributed by atoms with E-state index in [-0.39, 0.29) is 5.76 Å². The lowest BCUT2D eigenvalue weighted by Crippen LogP contribution is -2.16. The first-order valence-electron chi connectivity index (χ1n) is 9.61. The van der Waals surface area contributed by atoms with Crippen LogP contribution in [0.4, 0.5) is 0 Å². The molecule has 0 spiro atoms. The Kier molecular flexibility index (Phi) is 7.30. The second-order valence-corrected chi connectivity index (χ2v) is 7.27. The zero-order valence-corrected chi connectivity index (χ0v) is 18.5. The predicted molar refractivity (Wildman–Crippen MR) is 122 cm³/mol. The number of nitrogens with one attached hydrogen (secondary N) is 1. The fraction of sp³-hybridized carbons (Fsp3) is 0.217. The Morgan fingerprint density at radius 3 is 2.73 bits per heavy atom. The Balaban J connectivity index is 1.79. The molecule has 3 rings (SSSR count). The van der Waals surface area contributed by atoms with E-state index in [1.54, 1.807) is 24.4 Å². The Labute approximate surface area is 183 Å². The summed E-state index contributed by atoms with van der Waals surface area (Å²) in [4.78, 5) is 12.4. The maximum Gasteiger partial charge on any atom is 0.307 e. The van der Waals surface area contributed by atoms with Crippen LogP contribution in [-0.4, -0.2) is 25.3 Å². The minimum absolute atomic E-state index is 0.189. The van der Waals surface area contributed by atoms with Crippen molar-refractivity contribution >= 4 is 39.0 Å². The third-order valence-corrected chi connectivity index (χ3v) is 4.68. The molecule has 0 radical (unpaired) electrons. The average molecular weight is 471 g/mol. The van der Waals surface area contributed by atoms with Crippen LogP contribution in [0.15, 0.2) is 63.0 Å². The third-order valence-electron chi connectivity index (χ3n) is 4.19. The van der Waals surface area contributed by atoms with Crippen LogP contribution in [0.2, 0.25) is 0 Å². The molecule has 0 atom stereocenters. The van der Waals surface area contributed by atoms with Crippen molar-refractivity contribution in [1.82, 2.24) is 5.43 Å². The van der Waals surface area contributed by atoms with Gasteiger partial charge in [-0.15, -0.1) is 6.58 Å². The number of benzene rings is 2. The van der Waals surface area contributed by atoms with Gasteiger partial charge in [-0.05, 0) is 62.2 Å². The van der Waals surface area contributed by atoms with Gasteiger partial charge >= 0.3 is 5.91 Å². The van der Waals surface area contributed by atoms with Crippen LogP contribution in [0.3, 0.4) is 0 Å². The summed E-state index contributed by atoms with van der Waals surface area (Å²) in [5.41, 5.74) is 4.84. The van der Waals surface area contributed by atoms with Crippen LogP contribution in [0.1, 0.15) is 35.5 Å². The second kappa shape index (κ2) is 10.1. The first-order chi connectivity index (χ1) is 14.5. The SMILES string of the molecule is C=CCc1cc(/C=N/NC(=O)c2cc3cc(Br)ccc3o2)cc(OCC)c1OCC. The normalized spacial score (nSPS) is 11.0. The molecule has 1 amide bonds. The van der Waals surface area contributed by atoms with Crippen molar-refractivity contribution < 1.29 is 18.7 Å². The smallest absolute Gasteiger partial charge is 0.307 e. The minimum Gasteiger partial charge on any atom is -0.490 e. The highest BCUT2D eigenvalue weighted by Gasteiger charge is 2.14. The molecule has 1 N–H and O–H groups in total. The summed E-state index contributed by atoms with van der Waals surface area (Å²) in [5.74, 6) is 1.10. The van der Waals surface area contributed by atoms with Crippen LogP contribution >= 0.6 is 15.9 Å². The van der Waals surface area contributed by atoms with E-state index in [1.165, 1.54) is 0 Å². The van der Waals surface area contributed by atoms with Crippen molar-refractivity contribution in [2.45, 2.75) is 20.3 Å². The summed E-state index contributed by atoms with van der Waals surface area (Å²) in [6.45, 7) is 8.68. The van der Waals surface area contributed by atoms with Gasteiger partial charge in [-0.2, -0.15) is 5.10 Å². The number of hydrogen-bond donors (Lipinski definition) is 1. The van der Waals surface area contributed by atoms with Crippen LogP contribution in [0.25, 0.3) is 11.0 Å². The number of fused-ring (bicyclic) bond motifs is 1. The summed E-state index contributed by atoms with van der Waals surface area (Å²) in [6.07, 6.45) is 3.98. The standard InChI is InChI=1S/C23H23BrN2O4/c1-4-7-16-10-15(11-20(28-5-2)22(16)29-6-3)14-25-26-23(27)21-13-17-12-18(24)8-9-19(17)30-21/h4,8-14H,1,5-7H2,2-3H3,(H,26,27)/b25-14+. The van der Waals surface area contributed by atoms with Crippen LogP contribution in [0, 0.1) is 0 Å². The number of rotatable bonds is 9. The lowest BCUT2D eigenvalue weighted by atomic mass is 10.1. The quantitative estimate of drug-likeness (QED) is 0.255. The number of carbonyl (C=O) groups is 1. The van der Waals surface area contributed by atoms with E-state index in [0.29, 0.717) is 36.7 Å². The van der Waals surface area contributed by atoms with Crippen molar-refractivity contribution in [3.8, 4) is 11.5 Å². The number of carbonyl (C=O) groups excluding carboxylic acids is 1. The second-order valence-electron chi connectivity index (χ2n) is 6.36. The number of hydrogen-bond acceptors (Lipinski definition) is 5. The van der Waals surface area contributed by atoms with Gasteiger partial charge in [0.15, 0.2) is 17.3 Å². The van der Waals surface area contributed by atoms with E-state index in [1.807, 2.05) is 38.1 Å². The van der Waals surface area contributed by atoms with Gasteiger partial charge in [-0.25, -0.2) is 5.43 Å².